The molecule has 0 unspecified atom stereocenters. The summed E-state index contributed by atoms with van der Waals surface area (Å²) in [6.45, 7) is 9.24. The fourth-order valence-corrected chi connectivity index (χ4v) is 1.97. The second-order valence-corrected chi connectivity index (χ2v) is 6.58. The third kappa shape index (κ3) is 3.35. The van der Waals surface area contributed by atoms with Gasteiger partial charge in [0.05, 0.1) is 0 Å². The summed E-state index contributed by atoms with van der Waals surface area (Å²) in [5.74, 6) is 2.62. The number of nitrogens with one attached hydrogen (secondary N) is 1. The lowest BCUT2D eigenvalue weighted by molar-refractivity contribution is 0.545. The van der Waals surface area contributed by atoms with Crippen molar-refractivity contribution < 1.29 is 0 Å². The van der Waals surface area contributed by atoms with Crippen LogP contribution in [0.5, 0.6) is 0 Å². The van der Waals surface area contributed by atoms with Crippen LogP contribution in [0.4, 0.5) is 5.82 Å². The van der Waals surface area contributed by atoms with E-state index in [-0.39, 0.29) is 5.41 Å². The lowest BCUT2D eigenvalue weighted by Gasteiger charge is -2.19. The number of aromatic nitrogens is 2. The summed E-state index contributed by atoms with van der Waals surface area (Å²) in [6, 6.07) is 0. The molecule has 0 radical (unpaired) electrons. The predicted molar refractivity (Wildman–Crippen MR) is 76.3 cm³/mol. The van der Waals surface area contributed by atoms with Crippen molar-refractivity contribution in [3.05, 3.63) is 16.5 Å². The summed E-state index contributed by atoms with van der Waals surface area (Å²) >= 11 is 6.19. The van der Waals surface area contributed by atoms with Gasteiger partial charge in [-0.1, -0.05) is 45.2 Å². The molecule has 1 aromatic rings. The van der Waals surface area contributed by atoms with Crippen molar-refractivity contribution in [3.8, 4) is 0 Å². The molecule has 4 heteroatoms. The van der Waals surface area contributed by atoms with Crippen molar-refractivity contribution in [3.63, 3.8) is 0 Å². The molecule has 1 saturated carbocycles. The lowest BCUT2D eigenvalue weighted by atomic mass is 9.95. The van der Waals surface area contributed by atoms with E-state index >= 15 is 0 Å². The topological polar surface area (TPSA) is 37.8 Å². The van der Waals surface area contributed by atoms with Gasteiger partial charge in [0.1, 0.15) is 16.8 Å². The number of nitrogens with zero attached hydrogens (tertiary/aromatic N) is 2. The Labute approximate surface area is 114 Å². The van der Waals surface area contributed by atoms with E-state index in [4.69, 9.17) is 11.6 Å². The highest BCUT2D eigenvalue weighted by atomic mass is 35.5. The molecule has 2 rings (SSSR count). The number of hydrogen-bond acceptors (Lipinski definition) is 3. The van der Waals surface area contributed by atoms with Crippen LogP contribution in [-0.2, 0) is 5.41 Å². The van der Waals surface area contributed by atoms with Crippen LogP contribution < -0.4 is 5.32 Å². The van der Waals surface area contributed by atoms with Crippen molar-refractivity contribution in [2.45, 2.75) is 52.4 Å². The molecule has 18 heavy (non-hydrogen) atoms. The van der Waals surface area contributed by atoms with E-state index < -0.39 is 0 Å². The van der Waals surface area contributed by atoms with Gasteiger partial charge >= 0.3 is 0 Å². The van der Waals surface area contributed by atoms with Crippen molar-refractivity contribution >= 4 is 17.4 Å². The zero-order valence-corrected chi connectivity index (χ0v) is 12.4. The monoisotopic (exact) mass is 267 g/mol. The highest BCUT2D eigenvalue weighted by Gasteiger charge is 2.22. The Bertz CT molecular complexity index is 433. The molecule has 1 aromatic heterocycles. The third-order valence-electron chi connectivity index (χ3n) is 3.30. The Kier molecular flexibility index (Phi) is 3.81. The largest absolute Gasteiger partial charge is 0.370 e. The number of rotatable bonds is 4. The molecule has 0 aliphatic heterocycles. The van der Waals surface area contributed by atoms with Gasteiger partial charge in [0.25, 0.3) is 0 Å². The van der Waals surface area contributed by atoms with E-state index in [2.05, 4.69) is 36.1 Å². The van der Waals surface area contributed by atoms with Crippen LogP contribution >= 0.6 is 11.6 Å². The van der Waals surface area contributed by atoms with E-state index in [1.807, 2.05) is 6.92 Å². The molecule has 3 nitrogen and oxygen atoms in total. The summed E-state index contributed by atoms with van der Waals surface area (Å²) in [4.78, 5) is 8.99. The van der Waals surface area contributed by atoms with Gasteiger partial charge in [-0.2, -0.15) is 0 Å². The minimum Gasteiger partial charge on any atom is -0.370 e. The van der Waals surface area contributed by atoms with Gasteiger partial charge in [-0.25, -0.2) is 9.97 Å². The Balaban J connectivity index is 2.13. The van der Waals surface area contributed by atoms with E-state index in [1.54, 1.807) is 0 Å². The molecule has 1 N–H and O–H groups in total. The van der Waals surface area contributed by atoms with Gasteiger partial charge in [-0.3, -0.25) is 0 Å². The minimum absolute atomic E-state index is 0.0791. The van der Waals surface area contributed by atoms with Crippen LogP contribution in [0.15, 0.2) is 0 Å². The Hall–Kier alpha value is -0.830. The molecule has 100 valence electrons. The average molecular weight is 268 g/mol. The molecule has 0 saturated heterocycles. The minimum atomic E-state index is -0.0791. The molecule has 1 aliphatic carbocycles. The summed E-state index contributed by atoms with van der Waals surface area (Å²) in [6.07, 6.45) is 4.00. The predicted octanol–water partition coefficient (Wildman–Crippen LogP) is 3.95. The molecule has 0 spiro atoms. The van der Waals surface area contributed by atoms with E-state index in [0.29, 0.717) is 5.15 Å². The molecule has 0 amide bonds. The Morgan fingerprint density at radius 3 is 2.50 bits per heavy atom. The first-order chi connectivity index (χ1) is 8.38. The maximum Gasteiger partial charge on any atom is 0.137 e. The Morgan fingerprint density at radius 2 is 1.94 bits per heavy atom. The molecule has 0 atom stereocenters. The van der Waals surface area contributed by atoms with Crippen LogP contribution in [0, 0.1) is 12.8 Å². The van der Waals surface area contributed by atoms with Crippen molar-refractivity contribution in [1.29, 1.82) is 0 Å². The first-order valence-corrected chi connectivity index (χ1v) is 7.04. The number of halogens is 1. The zero-order chi connectivity index (χ0) is 13.3. The van der Waals surface area contributed by atoms with Crippen LogP contribution in [0.3, 0.4) is 0 Å². The van der Waals surface area contributed by atoms with Crippen molar-refractivity contribution in [2.24, 2.45) is 5.92 Å². The quantitative estimate of drug-likeness (QED) is 0.840. The first kappa shape index (κ1) is 13.6. The third-order valence-corrected chi connectivity index (χ3v) is 3.67. The van der Waals surface area contributed by atoms with Crippen LogP contribution in [0.2, 0.25) is 5.15 Å². The molecule has 1 fully saturated rings. The fourth-order valence-electron chi connectivity index (χ4n) is 1.80. The standard InChI is InChI=1S/C14H22ClN3/c1-9-11(15)17-13(14(2,3)4)18-12(9)16-8-7-10-5-6-10/h10H,5-8H2,1-4H3,(H,16,17,18). The van der Waals surface area contributed by atoms with Gasteiger partial charge in [-0.05, 0) is 19.3 Å². The van der Waals surface area contributed by atoms with Gasteiger partial charge in [-0.15, -0.1) is 0 Å². The molecular formula is C14H22ClN3. The van der Waals surface area contributed by atoms with Crippen LogP contribution in [0.1, 0.15) is 51.4 Å². The van der Waals surface area contributed by atoms with Crippen LogP contribution in [0.25, 0.3) is 0 Å². The SMILES string of the molecule is Cc1c(Cl)nc(C(C)(C)C)nc1NCCC1CC1. The zero-order valence-electron chi connectivity index (χ0n) is 11.7. The average Bonchev–Trinajstić information content (AvgIpc) is 3.06. The van der Waals surface area contributed by atoms with Gasteiger partial charge in [0.15, 0.2) is 0 Å². The van der Waals surface area contributed by atoms with Crippen molar-refractivity contribution in [1.82, 2.24) is 9.97 Å². The normalized spacial score (nSPS) is 15.8. The van der Waals surface area contributed by atoms with Gasteiger partial charge in [0.2, 0.25) is 0 Å². The fraction of sp³-hybridized carbons (Fsp3) is 0.714. The van der Waals surface area contributed by atoms with Gasteiger partial charge in [0, 0.05) is 17.5 Å². The summed E-state index contributed by atoms with van der Waals surface area (Å²) in [5.41, 5.74) is 0.866. The van der Waals surface area contributed by atoms with Crippen LogP contribution in [-0.4, -0.2) is 16.5 Å². The molecular weight excluding hydrogens is 246 g/mol. The molecule has 1 heterocycles. The van der Waals surface area contributed by atoms with E-state index in [1.165, 1.54) is 19.3 Å². The highest BCUT2D eigenvalue weighted by molar-refractivity contribution is 6.30. The first-order valence-electron chi connectivity index (χ1n) is 6.66. The second-order valence-electron chi connectivity index (χ2n) is 6.22. The second kappa shape index (κ2) is 5.04. The smallest absolute Gasteiger partial charge is 0.137 e. The molecule has 1 aliphatic rings. The van der Waals surface area contributed by atoms with E-state index in [9.17, 15) is 0 Å². The molecule has 0 bridgehead atoms. The van der Waals surface area contributed by atoms with Crippen molar-refractivity contribution in [2.75, 3.05) is 11.9 Å². The molecule has 0 aromatic carbocycles. The number of anilines is 1. The van der Waals surface area contributed by atoms with E-state index in [0.717, 1.165) is 29.7 Å². The van der Waals surface area contributed by atoms with Gasteiger partial charge < -0.3 is 5.32 Å². The lowest BCUT2D eigenvalue weighted by Crippen LogP contribution is -2.18. The maximum atomic E-state index is 6.19. The number of hydrogen-bond donors (Lipinski definition) is 1. The highest BCUT2D eigenvalue weighted by Crippen LogP contribution is 2.32. The summed E-state index contributed by atoms with van der Waals surface area (Å²) in [7, 11) is 0. The summed E-state index contributed by atoms with van der Waals surface area (Å²) in [5, 5.41) is 3.96. The summed E-state index contributed by atoms with van der Waals surface area (Å²) < 4.78 is 0. The Morgan fingerprint density at radius 1 is 1.28 bits per heavy atom. The maximum absolute atomic E-state index is 6.19.